The number of fused-ring (bicyclic) bond motifs is 1. The Hall–Kier alpha value is -1.66. The normalized spacial score (nSPS) is 11.6. The molecular weight excluding hydrogens is 351 g/mol. The van der Waals surface area contributed by atoms with Gasteiger partial charge in [0, 0.05) is 22.2 Å². The second kappa shape index (κ2) is 7.07. The molecule has 2 aromatic rings. The second-order valence-electron chi connectivity index (χ2n) is 6.50. The van der Waals surface area contributed by atoms with E-state index in [1.807, 2.05) is 20.8 Å². The molecule has 7 heteroatoms. The number of rotatable bonds is 4. The van der Waals surface area contributed by atoms with Crippen LogP contribution < -0.4 is 5.32 Å². The number of thiophene rings is 1. The van der Waals surface area contributed by atoms with Crippen molar-refractivity contribution in [2.45, 2.75) is 33.2 Å². The van der Waals surface area contributed by atoms with E-state index in [1.165, 1.54) is 17.0 Å². The number of nitrogens with zero attached hydrogens (tertiary/aromatic N) is 1. The van der Waals surface area contributed by atoms with E-state index in [1.54, 1.807) is 13.0 Å². The lowest BCUT2D eigenvalue weighted by atomic mass is 10.1. The molecule has 0 saturated carbocycles. The molecule has 4 nitrogen and oxygen atoms in total. The predicted octanol–water partition coefficient (Wildman–Crippen LogP) is 4.07. The highest BCUT2D eigenvalue weighted by molar-refractivity contribution is 7.21. The van der Waals surface area contributed by atoms with Gasteiger partial charge in [-0.2, -0.15) is 0 Å². The predicted molar refractivity (Wildman–Crippen MR) is 96.3 cm³/mol. The number of likely N-dealkylation sites (N-methyl/N-ethyl adjacent to an activating group) is 1. The topological polar surface area (TPSA) is 49.4 Å². The molecule has 2 rings (SSSR count). The van der Waals surface area contributed by atoms with Crippen LogP contribution in [0.15, 0.2) is 18.2 Å². The molecule has 0 saturated heterocycles. The molecule has 1 aromatic carbocycles. The van der Waals surface area contributed by atoms with Crippen molar-refractivity contribution in [1.82, 2.24) is 10.2 Å². The highest BCUT2D eigenvalue weighted by Crippen LogP contribution is 2.36. The number of carbonyl (C=O) groups is 2. The molecule has 0 unspecified atom stereocenters. The monoisotopic (exact) mass is 370 g/mol. The summed E-state index contributed by atoms with van der Waals surface area (Å²) in [6, 6.07) is 4.22. The van der Waals surface area contributed by atoms with Gasteiger partial charge < -0.3 is 10.2 Å². The number of halogens is 2. The summed E-state index contributed by atoms with van der Waals surface area (Å²) in [4.78, 5) is 26.6. The number of hydrogen-bond acceptors (Lipinski definition) is 3. The third-order valence-corrected chi connectivity index (χ3v) is 4.95. The van der Waals surface area contributed by atoms with Crippen LogP contribution >= 0.6 is 22.9 Å². The molecule has 0 aliphatic carbocycles. The lowest BCUT2D eigenvalue weighted by Gasteiger charge is -2.24. The minimum Gasteiger partial charge on any atom is -0.350 e. The maximum atomic E-state index is 13.3. The highest BCUT2D eigenvalue weighted by Gasteiger charge is 2.24. The summed E-state index contributed by atoms with van der Waals surface area (Å²) in [5.74, 6) is -0.939. The first-order valence-electron chi connectivity index (χ1n) is 7.60. The molecule has 1 N–H and O–H groups in total. The van der Waals surface area contributed by atoms with Crippen molar-refractivity contribution >= 4 is 44.8 Å². The van der Waals surface area contributed by atoms with Gasteiger partial charge in [-0.25, -0.2) is 4.39 Å². The molecule has 1 heterocycles. The van der Waals surface area contributed by atoms with Crippen molar-refractivity contribution in [2.75, 3.05) is 13.1 Å². The number of hydrogen-bond donors (Lipinski definition) is 1. The molecule has 24 heavy (non-hydrogen) atoms. The molecule has 0 fully saturated rings. The van der Waals surface area contributed by atoms with E-state index in [0.29, 0.717) is 26.5 Å². The summed E-state index contributed by atoms with van der Waals surface area (Å²) in [6.45, 7) is 7.74. The van der Waals surface area contributed by atoms with E-state index in [4.69, 9.17) is 11.6 Å². The van der Waals surface area contributed by atoms with Crippen molar-refractivity contribution in [3.05, 3.63) is 33.9 Å². The van der Waals surface area contributed by atoms with Crippen LogP contribution in [-0.4, -0.2) is 35.3 Å². The number of benzene rings is 1. The van der Waals surface area contributed by atoms with Crippen molar-refractivity contribution in [1.29, 1.82) is 0 Å². The third kappa shape index (κ3) is 4.24. The van der Waals surface area contributed by atoms with Gasteiger partial charge in [-0.3, -0.25) is 9.59 Å². The number of carbonyl (C=O) groups excluding carboxylic acids is 2. The Kier molecular flexibility index (Phi) is 5.50. The Morgan fingerprint density at radius 1 is 1.33 bits per heavy atom. The lowest BCUT2D eigenvalue weighted by Crippen LogP contribution is -2.47. The number of amides is 2. The van der Waals surface area contributed by atoms with E-state index in [2.05, 4.69) is 5.32 Å². The van der Waals surface area contributed by atoms with Crippen LogP contribution in [0, 0.1) is 5.82 Å². The standard InChI is InChI=1S/C17H20ClFN2O2S/c1-5-21(9-13(22)20-17(2,3)4)16(23)15-14(18)11-7-6-10(19)8-12(11)24-15/h6-8H,5,9H2,1-4H3,(H,20,22). The van der Waals surface area contributed by atoms with Crippen LogP contribution in [0.5, 0.6) is 0 Å². The fraction of sp³-hybridized carbons (Fsp3) is 0.412. The van der Waals surface area contributed by atoms with Gasteiger partial charge in [0.2, 0.25) is 5.91 Å². The van der Waals surface area contributed by atoms with Crippen LogP contribution in [0.3, 0.4) is 0 Å². The lowest BCUT2D eigenvalue weighted by molar-refractivity contribution is -0.123. The molecule has 130 valence electrons. The fourth-order valence-corrected chi connectivity index (χ4v) is 3.78. The first-order valence-corrected chi connectivity index (χ1v) is 8.79. The fourth-order valence-electron chi connectivity index (χ4n) is 2.28. The molecule has 0 aliphatic rings. The quantitative estimate of drug-likeness (QED) is 0.881. The van der Waals surface area contributed by atoms with Crippen LogP contribution in [-0.2, 0) is 4.79 Å². The van der Waals surface area contributed by atoms with Crippen LogP contribution in [0.25, 0.3) is 10.1 Å². The summed E-state index contributed by atoms with van der Waals surface area (Å²) in [7, 11) is 0. The Morgan fingerprint density at radius 2 is 2.00 bits per heavy atom. The second-order valence-corrected chi connectivity index (χ2v) is 7.93. The van der Waals surface area contributed by atoms with Gasteiger partial charge >= 0.3 is 0 Å². The molecule has 1 aromatic heterocycles. The maximum absolute atomic E-state index is 13.3. The van der Waals surface area contributed by atoms with E-state index in [-0.39, 0.29) is 29.7 Å². The van der Waals surface area contributed by atoms with Gasteiger partial charge in [0.25, 0.3) is 5.91 Å². The summed E-state index contributed by atoms with van der Waals surface area (Å²) in [5, 5.41) is 3.77. The first kappa shape index (κ1) is 18.7. The molecule has 0 bridgehead atoms. The van der Waals surface area contributed by atoms with Crippen molar-refractivity contribution in [3.63, 3.8) is 0 Å². The average molecular weight is 371 g/mol. The molecule has 2 amide bonds. The van der Waals surface area contributed by atoms with E-state index >= 15 is 0 Å². The third-order valence-electron chi connectivity index (χ3n) is 3.30. The van der Waals surface area contributed by atoms with Crippen LogP contribution in [0.1, 0.15) is 37.4 Å². The molecule has 0 spiro atoms. The zero-order chi connectivity index (χ0) is 18.1. The SMILES string of the molecule is CCN(CC(=O)NC(C)(C)C)C(=O)c1sc2cc(F)ccc2c1Cl. The van der Waals surface area contributed by atoms with Crippen LogP contribution in [0.4, 0.5) is 4.39 Å². The maximum Gasteiger partial charge on any atom is 0.265 e. The van der Waals surface area contributed by atoms with Crippen LogP contribution in [0.2, 0.25) is 5.02 Å². The molecule has 0 aliphatic heterocycles. The molecular formula is C17H20ClFN2O2S. The zero-order valence-corrected chi connectivity index (χ0v) is 15.6. The molecule has 0 atom stereocenters. The van der Waals surface area contributed by atoms with Crippen molar-refractivity contribution in [3.8, 4) is 0 Å². The zero-order valence-electron chi connectivity index (χ0n) is 14.1. The Labute approximate surface area is 149 Å². The van der Waals surface area contributed by atoms with Gasteiger partial charge in [0.15, 0.2) is 0 Å². The smallest absolute Gasteiger partial charge is 0.265 e. The van der Waals surface area contributed by atoms with Gasteiger partial charge in [0.1, 0.15) is 10.7 Å². The Bertz CT molecular complexity index is 783. The van der Waals surface area contributed by atoms with E-state index < -0.39 is 0 Å². The first-order chi connectivity index (χ1) is 11.1. The van der Waals surface area contributed by atoms with Gasteiger partial charge in [0.05, 0.1) is 11.6 Å². The number of nitrogens with one attached hydrogen (secondary N) is 1. The Balaban J connectivity index is 2.25. The average Bonchev–Trinajstić information content (AvgIpc) is 2.78. The van der Waals surface area contributed by atoms with Gasteiger partial charge in [-0.15, -0.1) is 11.3 Å². The summed E-state index contributed by atoms with van der Waals surface area (Å²) in [5.41, 5.74) is -0.369. The van der Waals surface area contributed by atoms with E-state index in [9.17, 15) is 14.0 Å². The molecule has 0 radical (unpaired) electrons. The van der Waals surface area contributed by atoms with E-state index in [0.717, 1.165) is 11.3 Å². The summed E-state index contributed by atoms with van der Waals surface area (Å²) >= 11 is 7.42. The minimum atomic E-state index is -0.378. The summed E-state index contributed by atoms with van der Waals surface area (Å²) < 4.78 is 14.0. The Morgan fingerprint density at radius 3 is 2.58 bits per heavy atom. The minimum absolute atomic E-state index is 0.0501. The summed E-state index contributed by atoms with van der Waals surface area (Å²) in [6.07, 6.45) is 0. The highest BCUT2D eigenvalue weighted by atomic mass is 35.5. The van der Waals surface area contributed by atoms with Crippen molar-refractivity contribution in [2.24, 2.45) is 0 Å². The van der Waals surface area contributed by atoms with Crippen molar-refractivity contribution < 1.29 is 14.0 Å². The van der Waals surface area contributed by atoms with Gasteiger partial charge in [-0.1, -0.05) is 11.6 Å². The van der Waals surface area contributed by atoms with Gasteiger partial charge in [-0.05, 0) is 45.9 Å². The largest absolute Gasteiger partial charge is 0.350 e.